The molecule has 124 valence electrons. The Labute approximate surface area is 153 Å². The number of nitrogens with zero attached hydrogens (tertiary/aromatic N) is 3. The maximum Gasteiger partial charge on any atom is 0.341 e. The lowest BCUT2D eigenvalue weighted by atomic mass is 10.2. The lowest BCUT2D eigenvalue weighted by molar-refractivity contribution is 0.0526. The van der Waals surface area contributed by atoms with Gasteiger partial charge in [0, 0.05) is 16.2 Å². The zero-order valence-corrected chi connectivity index (χ0v) is 15.1. The maximum atomic E-state index is 12.0. The summed E-state index contributed by atoms with van der Waals surface area (Å²) in [5, 5.41) is 6.25. The molecular formula is C16H12Cl3N3O2. The molecule has 0 saturated carbocycles. The zero-order chi connectivity index (χ0) is 17.4. The average molecular weight is 385 g/mol. The van der Waals surface area contributed by atoms with Gasteiger partial charge in [-0.05, 0) is 32.0 Å². The minimum absolute atomic E-state index is 0.206. The Balaban J connectivity index is 2.23. The normalized spacial score (nSPS) is 11.0. The molecule has 5 nitrogen and oxygen atoms in total. The summed E-state index contributed by atoms with van der Waals surface area (Å²) in [6.07, 6.45) is 1.38. The summed E-state index contributed by atoms with van der Waals surface area (Å²) in [7, 11) is 0. The number of pyridine rings is 1. The van der Waals surface area contributed by atoms with Gasteiger partial charge in [0.05, 0.1) is 34.0 Å². The van der Waals surface area contributed by atoms with Crippen molar-refractivity contribution in [3.05, 3.63) is 50.7 Å². The van der Waals surface area contributed by atoms with Crippen LogP contribution in [0.1, 0.15) is 23.0 Å². The van der Waals surface area contributed by atoms with Gasteiger partial charge in [-0.25, -0.2) is 14.5 Å². The van der Waals surface area contributed by atoms with E-state index in [1.807, 2.05) is 0 Å². The van der Waals surface area contributed by atoms with E-state index >= 15 is 0 Å². The summed E-state index contributed by atoms with van der Waals surface area (Å²) < 4.78 is 6.58. The molecule has 0 aliphatic rings. The highest BCUT2D eigenvalue weighted by Crippen LogP contribution is 2.31. The summed E-state index contributed by atoms with van der Waals surface area (Å²) in [5.41, 5.74) is 1.99. The number of halogens is 3. The summed E-state index contributed by atoms with van der Waals surface area (Å²) in [4.78, 5) is 16.3. The molecule has 1 aromatic carbocycles. The van der Waals surface area contributed by atoms with Crippen LogP contribution in [0.4, 0.5) is 0 Å². The Bertz CT molecular complexity index is 933. The van der Waals surface area contributed by atoms with E-state index < -0.39 is 5.97 Å². The molecule has 0 aliphatic heterocycles. The molecule has 0 spiro atoms. The summed E-state index contributed by atoms with van der Waals surface area (Å²) in [6, 6.07) is 5.06. The minimum atomic E-state index is -0.519. The third kappa shape index (κ3) is 2.95. The van der Waals surface area contributed by atoms with Crippen molar-refractivity contribution < 1.29 is 9.53 Å². The van der Waals surface area contributed by atoms with Crippen LogP contribution in [0.3, 0.4) is 0 Å². The molecule has 0 N–H and O–H groups in total. The number of aryl methyl sites for hydroxylation is 1. The quantitative estimate of drug-likeness (QED) is 0.605. The summed E-state index contributed by atoms with van der Waals surface area (Å²) in [6.45, 7) is 3.77. The van der Waals surface area contributed by atoms with Gasteiger partial charge in [0.15, 0.2) is 5.65 Å². The van der Waals surface area contributed by atoms with Crippen LogP contribution < -0.4 is 0 Å². The standard InChI is InChI=1S/C16H12Cl3N3O2/c1-3-24-16(23)12-7-20-15-13(14(12)19)8(2)21-22(15)11-5-9(17)4-10(18)6-11/h4-7H,3H2,1-2H3. The monoisotopic (exact) mass is 383 g/mol. The Morgan fingerprint density at radius 3 is 2.50 bits per heavy atom. The molecule has 0 saturated heterocycles. The predicted octanol–water partition coefficient (Wildman–Crippen LogP) is 4.87. The maximum absolute atomic E-state index is 12.0. The van der Waals surface area contributed by atoms with Gasteiger partial charge >= 0.3 is 5.97 Å². The number of hydrogen-bond donors (Lipinski definition) is 0. The Kier molecular flexibility index (Phi) is 4.67. The fraction of sp³-hybridized carbons (Fsp3) is 0.188. The second kappa shape index (κ2) is 6.59. The van der Waals surface area contributed by atoms with E-state index in [0.29, 0.717) is 32.5 Å². The number of carbonyl (C=O) groups is 1. The first kappa shape index (κ1) is 17.0. The molecular weight excluding hydrogens is 373 g/mol. The van der Waals surface area contributed by atoms with Gasteiger partial charge in [0.25, 0.3) is 0 Å². The number of rotatable bonds is 3. The van der Waals surface area contributed by atoms with Crippen molar-refractivity contribution in [1.82, 2.24) is 14.8 Å². The smallest absolute Gasteiger partial charge is 0.341 e. The van der Waals surface area contributed by atoms with E-state index in [-0.39, 0.29) is 17.2 Å². The van der Waals surface area contributed by atoms with Crippen LogP contribution in [0.2, 0.25) is 15.1 Å². The van der Waals surface area contributed by atoms with Crippen molar-refractivity contribution in [2.75, 3.05) is 6.61 Å². The molecule has 2 aromatic heterocycles. The highest BCUT2D eigenvalue weighted by atomic mass is 35.5. The molecule has 3 rings (SSSR count). The third-order valence-electron chi connectivity index (χ3n) is 3.40. The lowest BCUT2D eigenvalue weighted by Crippen LogP contribution is -2.06. The first-order valence-corrected chi connectivity index (χ1v) is 8.23. The Hall–Kier alpha value is -1.82. The van der Waals surface area contributed by atoms with Crippen molar-refractivity contribution in [3.8, 4) is 5.69 Å². The topological polar surface area (TPSA) is 57.0 Å². The van der Waals surface area contributed by atoms with Crippen LogP contribution in [0, 0.1) is 6.92 Å². The van der Waals surface area contributed by atoms with Gasteiger partial charge in [-0.3, -0.25) is 0 Å². The SMILES string of the molecule is CCOC(=O)c1cnc2c(c(C)nn2-c2cc(Cl)cc(Cl)c2)c1Cl. The van der Waals surface area contributed by atoms with Crippen molar-refractivity contribution in [2.45, 2.75) is 13.8 Å². The lowest BCUT2D eigenvalue weighted by Gasteiger charge is -2.07. The van der Waals surface area contributed by atoms with Crippen molar-refractivity contribution in [3.63, 3.8) is 0 Å². The predicted molar refractivity (Wildman–Crippen MR) is 94.6 cm³/mol. The van der Waals surface area contributed by atoms with Crippen LogP contribution in [0.15, 0.2) is 24.4 Å². The molecule has 0 bridgehead atoms. The molecule has 2 heterocycles. The number of ether oxygens (including phenoxy) is 1. The number of esters is 1. The van der Waals surface area contributed by atoms with E-state index in [0.717, 1.165) is 0 Å². The van der Waals surface area contributed by atoms with Crippen molar-refractivity contribution in [2.24, 2.45) is 0 Å². The molecule has 24 heavy (non-hydrogen) atoms. The van der Waals surface area contributed by atoms with Gasteiger partial charge in [0.1, 0.15) is 0 Å². The van der Waals surface area contributed by atoms with Crippen LogP contribution in [-0.2, 0) is 4.74 Å². The van der Waals surface area contributed by atoms with Crippen molar-refractivity contribution >= 4 is 51.8 Å². The second-order valence-corrected chi connectivity index (χ2v) is 6.28. The molecule has 0 atom stereocenters. The molecule has 0 fully saturated rings. The first-order chi connectivity index (χ1) is 11.4. The van der Waals surface area contributed by atoms with Crippen LogP contribution in [0.25, 0.3) is 16.7 Å². The number of carbonyl (C=O) groups excluding carboxylic acids is 1. The number of aromatic nitrogens is 3. The third-order valence-corrected chi connectivity index (χ3v) is 4.22. The van der Waals surface area contributed by atoms with Crippen LogP contribution in [0.5, 0.6) is 0 Å². The van der Waals surface area contributed by atoms with Crippen molar-refractivity contribution in [1.29, 1.82) is 0 Å². The molecule has 3 aromatic rings. The Morgan fingerprint density at radius 1 is 1.21 bits per heavy atom. The molecule has 0 unspecified atom stereocenters. The Morgan fingerprint density at radius 2 is 1.88 bits per heavy atom. The summed E-state index contributed by atoms with van der Waals surface area (Å²) >= 11 is 18.5. The summed E-state index contributed by atoms with van der Waals surface area (Å²) in [5.74, 6) is -0.519. The fourth-order valence-electron chi connectivity index (χ4n) is 2.40. The number of fused-ring (bicyclic) bond motifs is 1. The average Bonchev–Trinajstić information content (AvgIpc) is 2.84. The first-order valence-electron chi connectivity index (χ1n) is 7.09. The molecule has 0 aliphatic carbocycles. The zero-order valence-electron chi connectivity index (χ0n) is 12.8. The number of hydrogen-bond acceptors (Lipinski definition) is 4. The fourth-order valence-corrected chi connectivity index (χ4v) is 3.26. The molecule has 8 heteroatoms. The highest BCUT2D eigenvalue weighted by Gasteiger charge is 2.20. The largest absolute Gasteiger partial charge is 0.462 e. The van der Waals surface area contributed by atoms with E-state index in [2.05, 4.69) is 10.1 Å². The van der Waals surface area contributed by atoms with Crippen LogP contribution in [-0.4, -0.2) is 27.3 Å². The van der Waals surface area contributed by atoms with E-state index in [4.69, 9.17) is 39.5 Å². The molecule has 0 radical (unpaired) electrons. The van der Waals surface area contributed by atoms with Gasteiger partial charge in [-0.2, -0.15) is 5.10 Å². The van der Waals surface area contributed by atoms with Gasteiger partial charge in [-0.1, -0.05) is 34.8 Å². The minimum Gasteiger partial charge on any atom is -0.462 e. The molecule has 0 amide bonds. The highest BCUT2D eigenvalue weighted by molar-refractivity contribution is 6.38. The second-order valence-electron chi connectivity index (χ2n) is 5.03. The van der Waals surface area contributed by atoms with Gasteiger partial charge in [-0.15, -0.1) is 0 Å². The van der Waals surface area contributed by atoms with Gasteiger partial charge < -0.3 is 4.74 Å². The number of benzene rings is 1. The van der Waals surface area contributed by atoms with E-state index in [1.165, 1.54) is 6.20 Å². The van der Waals surface area contributed by atoms with E-state index in [9.17, 15) is 4.79 Å². The van der Waals surface area contributed by atoms with E-state index in [1.54, 1.807) is 36.7 Å². The van der Waals surface area contributed by atoms with Gasteiger partial charge in [0.2, 0.25) is 0 Å². The van der Waals surface area contributed by atoms with Crippen LogP contribution >= 0.6 is 34.8 Å².